The third-order valence-corrected chi connectivity index (χ3v) is 4.25. The summed E-state index contributed by atoms with van der Waals surface area (Å²) in [6.07, 6.45) is 2.11. The first kappa shape index (κ1) is 12.8. The van der Waals surface area contributed by atoms with Crippen molar-refractivity contribution >= 4 is 16.1 Å². The van der Waals surface area contributed by atoms with Crippen molar-refractivity contribution in [2.45, 2.75) is 25.3 Å². The van der Waals surface area contributed by atoms with E-state index in [4.69, 9.17) is 0 Å². The van der Waals surface area contributed by atoms with E-state index in [0.717, 1.165) is 25.9 Å². The molecule has 2 saturated heterocycles. The lowest BCUT2D eigenvalue weighted by molar-refractivity contribution is -0.130. The third-order valence-electron chi connectivity index (χ3n) is 3.38. The van der Waals surface area contributed by atoms with Gasteiger partial charge in [-0.15, -0.1) is 3.89 Å². The Kier molecular flexibility index (Phi) is 3.67. The van der Waals surface area contributed by atoms with Gasteiger partial charge in [0.05, 0.1) is 5.75 Å². The van der Waals surface area contributed by atoms with Gasteiger partial charge in [-0.05, 0) is 19.4 Å². The van der Waals surface area contributed by atoms with Gasteiger partial charge < -0.3 is 10.2 Å². The van der Waals surface area contributed by atoms with Crippen molar-refractivity contribution in [2.75, 3.05) is 25.4 Å². The second-order valence-corrected chi connectivity index (χ2v) is 6.23. The summed E-state index contributed by atoms with van der Waals surface area (Å²) in [7, 11) is -4.48. The zero-order valence-electron chi connectivity index (χ0n) is 9.56. The first-order chi connectivity index (χ1) is 7.96. The van der Waals surface area contributed by atoms with E-state index in [1.165, 1.54) is 0 Å². The topological polar surface area (TPSA) is 66.5 Å². The summed E-state index contributed by atoms with van der Waals surface area (Å²) in [4.78, 5) is 13.5. The van der Waals surface area contributed by atoms with Crippen LogP contribution in [0.5, 0.6) is 0 Å². The van der Waals surface area contributed by atoms with E-state index in [-0.39, 0.29) is 24.3 Å². The SMILES string of the molecule is O=C1CC(CS(=O)(=O)F)CN1[C@@H]1CCCNC1. The number of likely N-dealkylation sites (tertiary alicyclic amines) is 1. The highest BCUT2D eigenvalue weighted by atomic mass is 32.3. The predicted molar refractivity (Wildman–Crippen MR) is 60.6 cm³/mol. The number of nitrogens with zero attached hydrogens (tertiary/aromatic N) is 1. The van der Waals surface area contributed by atoms with Gasteiger partial charge in [0.2, 0.25) is 5.91 Å². The van der Waals surface area contributed by atoms with Gasteiger partial charge in [-0.2, -0.15) is 8.42 Å². The van der Waals surface area contributed by atoms with Crippen LogP contribution in [-0.2, 0) is 15.0 Å². The molecule has 0 aliphatic carbocycles. The molecule has 1 N–H and O–H groups in total. The number of carbonyl (C=O) groups excluding carboxylic acids is 1. The molecule has 2 atom stereocenters. The number of nitrogens with one attached hydrogen (secondary N) is 1. The average molecular weight is 264 g/mol. The van der Waals surface area contributed by atoms with Crippen molar-refractivity contribution in [2.24, 2.45) is 5.92 Å². The Morgan fingerprint density at radius 3 is 2.82 bits per heavy atom. The van der Waals surface area contributed by atoms with E-state index in [1.807, 2.05) is 0 Å². The molecule has 7 heteroatoms. The van der Waals surface area contributed by atoms with Crippen molar-refractivity contribution in [1.29, 1.82) is 0 Å². The first-order valence-electron chi connectivity index (χ1n) is 5.88. The second kappa shape index (κ2) is 4.89. The van der Waals surface area contributed by atoms with Crippen LogP contribution in [0.3, 0.4) is 0 Å². The minimum atomic E-state index is -4.48. The highest BCUT2D eigenvalue weighted by Crippen LogP contribution is 2.24. The summed E-state index contributed by atoms with van der Waals surface area (Å²) < 4.78 is 33.7. The fourth-order valence-corrected chi connectivity index (χ4v) is 3.44. The minimum absolute atomic E-state index is 0.0487. The summed E-state index contributed by atoms with van der Waals surface area (Å²) in [6, 6.07) is 0.142. The minimum Gasteiger partial charge on any atom is -0.338 e. The van der Waals surface area contributed by atoms with E-state index in [2.05, 4.69) is 5.32 Å². The first-order valence-corrected chi connectivity index (χ1v) is 7.43. The molecular formula is C10H17FN2O3S. The number of amides is 1. The fraction of sp³-hybridized carbons (Fsp3) is 0.900. The smallest absolute Gasteiger partial charge is 0.302 e. The van der Waals surface area contributed by atoms with E-state index in [1.54, 1.807) is 4.90 Å². The number of rotatable bonds is 3. The maximum Gasteiger partial charge on any atom is 0.302 e. The van der Waals surface area contributed by atoms with Crippen LogP contribution in [0.4, 0.5) is 3.89 Å². The van der Waals surface area contributed by atoms with E-state index >= 15 is 0 Å². The quantitative estimate of drug-likeness (QED) is 0.722. The molecule has 2 fully saturated rings. The lowest BCUT2D eigenvalue weighted by Gasteiger charge is -2.31. The number of hydrogen-bond donors (Lipinski definition) is 1. The Morgan fingerprint density at radius 2 is 2.24 bits per heavy atom. The molecule has 2 aliphatic heterocycles. The molecule has 0 saturated carbocycles. The number of halogens is 1. The molecule has 1 unspecified atom stereocenters. The van der Waals surface area contributed by atoms with Crippen LogP contribution in [0.1, 0.15) is 19.3 Å². The third kappa shape index (κ3) is 3.38. The van der Waals surface area contributed by atoms with Crippen LogP contribution in [0.25, 0.3) is 0 Å². The van der Waals surface area contributed by atoms with Crippen LogP contribution in [0, 0.1) is 5.92 Å². The second-order valence-electron chi connectivity index (χ2n) is 4.82. The lowest BCUT2D eigenvalue weighted by atomic mass is 10.1. The van der Waals surface area contributed by atoms with Crippen molar-refractivity contribution in [3.8, 4) is 0 Å². The molecule has 1 amide bonds. The van der Waals surface area contributed by atoms with E-state index < -0.39 is 16.0 Å². The van der Waals surface area contributed by atoms with Crippen LogP contribution < -0.4 is 5.32 Å². The highest BCUT2D eigenvalue weighted by Gasteiger charge is 2.36. The lowest BCUT2D eigenvalue weighted by Crippen LogP contribution is -2.46. The highest BCUT2D eigenvalue weighted by molar-refractivity contribution is 7.86. The number of piperidine rings is 1. The molecule has 0 bridgehead atoms. The normalized spacial score (nSPS) is 30.9. The van der Waals surface area contributed by atoms with Gasteiger partial charge in [0.15, 0.2) is 0 Å². The van der Waals surface area contributed by atoms with Crippen LogP contribution in [-0.4, -0.2) is 50.7 Å². The maximum atomic E-state index is 12.6. The predicted octanol–water partition coefficient (Wildman–Crippen LogP) is -0.114. The Bertz CT molecular complexity index is 392. The fourth-order valence-electron chi connectivity index (χ4n) is 2.65. The largest absolute Gasteiger partial charge is 0.338 e. The summed E-state index contributed by atoms with van der Waals surface area (Å²) in [5, 5.41) is 3.21. The van der Waals surface area contributed by atoms with E-state index in [9.17, 15) is 17.1 Å². The van der Waals surface area contributed by atoms with Gasteiger partial charge in [-0.25, -0.2) is 0 Å². The van der Waals surface area contributed by atoms with Crippen molar-refractivity contribution < 1.29 is 17.1 Å². The molecule has 0 radical (unpaired) electrons. The molecule has 0 spiro atoms. The van der Waals surface area contributed by atoms with Crippen molar-refractivity contribution in [1.82, 2.24) is 10.2 Å². The Balaban J connectivity index is 1.95. The van der Waals surface area contributed by atoms with Crippen LogP contribution >= 0.6 is 0 Å². The van der Waals surface area contributed by atoms with Gasteiger partial charge in [0.25, 0.3) is 0 Å². The molecular weight excluding hydrogens is 247 g/mol. The average Bonchev–Trinajstić information content (AvgIpc) is 2.58. The number of carbonyl (C=O) groups is 1. The van der Waals surface area contributed by atoms with Gasteiger partial charge in [0, 0.05) is 31.5 Å². The Morgan fingerprint density at radius 1 is 1.47 bits per heavy atom. The summed E-state index contributed by atoms with van der Waals surface area (Å²) in [5.41, 5.74) is 0. The molecule has 0 aromatic rings. The zero-order chi connectivity index (χ0) is 12.5. The standard InChI is InChI=1S/C10H17FN2O3S/c11-17(15,16)7-8-4-10(14)13(6-8)9-2-1-3-12-5-9/h8-9,12H,1-7H2/t8?,9-/m1/s1. The van der Waals surface area contributed by atoms with Gasteiger partial charge in [-0.1, -0.05) is 0 Å². The summed E-state index contributed by atoms with van der Waals surface area (Å²) in [5.74, 6) is -0.971. The monoisotopic (exact) mass is 264 g/mol. The molecule has 2 aliphatic rings. The molecule has 98 valence electrons. The molecule has 17 heavy (non-hydrogen) atoms. The molecule has 0 aromatic heterocycles. The van der Waals surface area contributed by atoms with E-state index in [0.29, 0.717) is 6.54 Å². The summed E-state index contributed by atoms with van der Waals surface area (Å²) in [6.45, 7) is 2.08. The van der Waals surface area contributed by atoms with Crippen molar-refractivity contribution in [3.05, 3.63) is 0 Å². The van der Waals surface area contributed by atoms with Crippen LogP contribution in [0.15, 0.2) is 0 Å². The molecule has 2 heterocycles. The molecule has 2 rings (SSSR count). The Hall–Kier alpha value is -0.690. The van der Waals surface area contributed by atoms with Gasteiger partial charge >= 0.3 is 10.2 Å². The van der Waals surface area contributed by atoms with Crippen LogP contribution in [0.2, 0.25) is 0 Å². The molecule has 5 nitrogen and oxygen atoms in total. The van der Waals surface area contributed by atoms with Gasteiger partial charge in [0.1, 0.15) is 0 Å². The van der Waals surface area contributed by atoms with Gasteiger partial charge in [-0.3, -0.25) is 4.79 Å². The summed E-state index contributed by atoms with van der Waals surface area (Å²) >= 11 is 0. The number of hydrogen-bond acceptors (Lipinski definition) is 4. The zero-order valence-corrected chi connectivity index (χ0v) is 10.4. The van der Waals surface area contributed by atoms with Crippen molar-refractivity contribution in [3.63, 3.8) is 0 Å². The maximum absolute atomic E-state index is 12.6. The molecule has 0 aromatic carbocycles. The Labute approximate surface area is 101 Å².